The van der Waals surface area contributed by atoms with Gasteiger partial charge in [0.25, 0.3) is 0 Å². The van der Waals surface area contributed by atoms with Crippen LogP contribution in [-0.2, 0) is 0 Å². The summed E-state index contributed by atoms with van der Waals surface area (Å²) in [6.07, 6.45) is 1.76. The van der Waals surface area contributed by atoms with E-state index in [4.69, 9.17) is 5.84 Å². The molecule has 1 unspecified atom stereocenters. The molecule has 0 aliphatic carbocycles. The molecule has 0 fully saturated rings. The third-order valence-electron chi connectivity index (χ3n) is 3.40. The Kier molecular flexibility index (Phi) is 3.96. The second kappa shape index (κ2) is 5.89. The van der Waals surface area contributed by atoms with Gasteiger partial charge in [-0.05, 0) is 57.4 Å². The average molecular weight is 346 g/mol. The van der Waals surface area contributed by atoms with E-state index in [0.717, 1.165) is 22.0 Å². The second-order valence-electron chi connectivity index (χ2n) is 4.73. The molecule has 0 bridgehead atoms. The van der Waals surface area contributed by atoms with Crippen molar-refractivity contribution in [3.05, 3.63) is 76.1 Å². The van der Waals surface area contributed by atoms with Gasteiger partial charge in [-0.25, -0.2) is 9.82 Å². The molecule has 0 radical (unpaired) electrons. The Morgan fingerprint density at radius 1 is 1.10 bits per heavy atom. The van der Waals surface area contributed by atoms with Crippen LogP contribution in [0.25, 0.3) is 10.9 Å². The predicted molar refractivity (Wildman–Crippen MR) is 85.0 cm³/mol. The fourth-order valence-corrected chi connectivity index (χ4v) is 2.75. The first-order chi connectivity index (χ1) is 10.2. The highest BCUT2D eigenvalue weighted by Gasteiger charge is 2.14. The number of hydrogen-bond acceptors (Lipinski definition) is 3. The first kappa shape index (κ1) is 14.1. The molecule has 1 atom stereocenters. The minimum absolute atomic E-state index is 0.216. The van der Waals surface area contributed by atoms with Crippen molar-refractivity contribution in [2.75, 3.05) is 0 Å². The highest BCUT2D eigenvalue weighted by atomic mass is 79.9. The summed E-state index contributed by atoms with van der Waals surface area (Å²) in [5.41, 5.74) is 5.59. The number of nitrogens with two attached hydrogens (primary N) is 1. The Balaban J connectivity index is 2.06. The number of benzene rings is 2. The van der Waals surface area contributed by atoms with E-state index >= 15 is 0 Å². The van der Waals surface area contributed by atoms with Gasteiger partial charge in [-0.3, -0.25) is 10.8 Å². The summed E-state index contributed by atoms with van der Waals surface area (Å²) >= 11 is 3.20. The Labute approximate surface area is 130 Å². The second-order valence-corrected chi connectivity index (χ2v) is 5.58. The lowest BCUT2D eigenvalue weighted by Gasteiger charge is -2.18. The van der Waals surface area contributed by atoms with Gasteiger partial charge < -0.3 is 0 Å². The molecule has 2 aromatic carbocycles. The van der Waals surface area contributed by atoms with Crippen LogP contribution in [0.2, 0.25) is 0 Å². The van der Waals surface area contributed by atoms with Crippen molar-refractivity contribution in [3.8, 4) is 0 Å². The summed E-state index contributed by atoms with van der Waals surface area (Å²) < 4.78 is 13.8. The van der Waals surface area contributed by atoms with Gasteiger partial charge in [-0.2, -0.15) is 0 Å². The Morgan fingerprint density at radius 3 is 2.62 bits per heavy atom. The van der Waals surface area contributed by atoms with Crippen LogP contribution in [-0.4, -0.2) is 4.98 Å². The van der Waals surface area contributed by atoms with Crippen LogP contribution < -0.4 is 11.3 Å². The molecule has 3 aromatic rings. The highest BCUT2D eigenvalue weighted by Crippen LogP contribution is 2.27. The predicted octanol–water partition coefficient (Wildman–Crippen LogP) is 3.69. The van der Waals surface area contributed by atoms with Gasteiger partial charge in [0.2, 0.25) is 0 Å². The molecule has 3 rings (SSSR count). The standard InChI is InChI=1S/C16H13BrFN3/c17-13-9-12(3-5-14(13)18)16(21-19)11-4-6-15-10(8-11)2-1-7-20-15/h1-9,16,21H,19H2. The number of nitrogens with one attached hydrogen (secondary N) is 1. The quantitative estimate of drug-likeness (QED) is 0.562. The SMILES string of the molecule is NNC(c1ccc(F)c(Br)c1)c1ccc2ncccc2c1. The van der Waals surface area contributed by atoms with E-state index in [1.54, 1.807) is 18.3 Å². The van der Waals surface area contributed by atoms with Gasteiger partial charge >= 0.3 is 0 Å². The van der Waals surface area contributed by atoms with Crippen molar-refractivity contribution in [2.24, 2.45) is 5.84 Å². The van der Waals surface area contributed by atoms with Crippen LogP contribution >= 0.6 is 15.9 Å². The van der Waals surface area contributed by atoms with Crippen molar-refractivity contribution in [1.29, 1.82) is 0 Å². The number of pyridine rings is 1. The number of nitrogens with zero attached hydrogens (tertiary/aromatic N) is 1. The molecule has 1 heterocycles. The summed E-state index contributed by atoms with van der Waals surface area (Å²) in [7, 11) is 0. The third-order valence-corrected chi connectivity index (χ3v) is 4.01. The van der Waals surface area contributed by atoms with Crippen molar-refractivity contribution in [3.63, 3.8) is 0 Å². The van der Waals surface area contributed by atoms with E-state index in [0.29, 0.717) is 4.47 Å². The topological polar surface area (TPSA) is 50.9 Å². The molecule has 0 amide bonds. The number of rotatable bonds is 3. The molecule has 3 N–H and O–H groups in total. The normalized spacial score (nSPS) is 12.5. The van der Waals surface area contributed by atoms with E-state index in [1.165, 1.54) is 6.07 Å². The Bertz CT molecular complexity index is 791. The lowest BCUT2D eigenvalue weighted by atomic mass is 9.98. The van der Waals surface area contributed by atoms with Crippen LogP contribution in [0.3, 0.4) is 0 Å². The summed E-state index contributed by atoms with van der Waals surface area (Å²) in [6.45, 7) is 0. The van der Waals surface area contributed by atoms with Crippen LogP contribution in [0.15, 0.2) is 59.2 Å². The minimum atomic E-state index is -0.294. The first-order valence-corrected chi connectivity index (χ1v) is 7.24. The molecular weight excluding hydrogens is 333 g/mol. The number of halogens is 2. The largest absolute Gasteiger partial charge is 0.271 e. The van der Waals surface area contributed by atoms with Gasteiger partial charge in [-0.1, -0.05) is 18.2 Å². The summed E-state index contributed by atoms with van der Waals surface area (Å²) in [6, 6.07) is 14.5. The molecule has 106 valence electrons. The smallest absolute Gasteiger partial charge is 0.137 e. The number of aromatic nitrogens is 1. The van der Waals surface area contributed by atoms with Crippen LogP contribution in [0.4, 0.5) is 4.39 Å². The average Bonchev–Trinajstić information content (AvgIpc) is 2.51. The molecule has 0 aliphatic rings. The maximum Gasteiger partial charge on any atom is 0.137 e. The van der Waals surface area contributed by atoms with Crippen LogP contribution in [0.5, 0.6) is 0 Å². The van der Waals surface area contributed by atoms with Gasteiger partial charge in [-0.15, -0.1) is 0 Å². The van der Waals surface area contributed by atoms with Crippen LogP contribution in [0, 0.1) is 5.82 Å². The van der Waals surface area contributed by atoms with E-state index < -0.39 is 0 Å². The zero-order valence-electron chi connectivity index (χ0n) is 11.1. The van der Waals surface area contributed by atoms with E-state index in [-0.39, 0.29) is 11.9 Å². The molecule has 0 aliphatic heterocycles. The molecule has 21 heavy (non-hydrogen) atoms. The van der Waals surface area contributed by atoms with Gasteiger partial charge in [0.1, 0.15) is 5.82 Å². The molecule has 3 nitrogen and oxygen atoms in total. The Morgan fingerprint density at radius 2 is 1.86 bits per heavy atom. The first-order valence-electron chi connectivity index (χ1n) is 6.45. The maximum atomic E-state index is 13.4. The zero-order valence-corrected chi connectivity index (χ0v) is 12.6. The Hall–Kier alpha value is -1.82. The number of hydrazine groups is 1. The van der Waals surface area contributed by atoms with Crippen molar-refractivity contribution in [1.82, 2.24) is 10.4 Å². The van der Waals surface area contributed by atoms with Crippen molar-refractivity contribution < 1.29 is 4.39 Å². The molecule has 1 aromatic heterocycles. The molecular formula is C16H13BrFN3. The lowest BCUT2D eigenvalue weighted by molar-refractivity contribution is 0.610. The van der Waals surface area contributed by atoms with Gasteiger partial charge in [0, 0.05) is 11.6 Å². The van der Waals surface area contributed by atoms with E-state index in [2.05, 4.69) is 26.3 Å². The van der Waals surface area contributed by atoms with E-state index in [1.807, 2.05) is 30.3 Å². The van der Waals surface area contributed by atoms with Crippen molar-refractivity contribution >= 4 is 26.8 Å². The lowest BCUT2D eigenvalue weighted by Crippen LogP contribution is -2.28. The zero-order chi connectivity index (χ0) is 14.8. The fourth-order valence-electron chi connectivity index (χ4n) is 2.35. The van der Waals surface area contributed by atoms with Crippen LogP contribution in [0.1, 0.15) is 17.2 Å². The van der Waals surface area contributed by atoms with Gasteiger partial charge in [0.05, 0.1) is 16.0 Å². The van der Waals surface area contributed by atoms with Gasteiger partial charge in [0.15, 0.2) is 0 Å². The summed E-state index contributed by atoms with van der Waals surface area (Å²) in [5, 5.41) is 1.04. The number of fused-ring (bicyclic) bond motifs is 1. The molecule has 0 spiro atoms. The monoisotopic (exact) mass is 345 g/mol. The maximum absolute atomic E-state index is 13.4. The van der Waals surface area contributed by atoms with E-state index in [9.17, 15) is 4.39 Å². The molecule has 5 heteroatoms. The highest BCUT2D eigenvalue weighted by molar-refractivity contribution is 9.10. The minimum Gasteiger partial charge on any atom is -0.271 e. The molecule has 0 saturated heterocycles. The fraction of sp³-hybridized carbons (Fsp3) is 0.0625. The summed E-state index contributed by atoms with van der Waals surface area (Å²) in [4.78, 5) is 4.30. The summed E-state index contributed by atoms with van der Waals surface area (Å²) in [5.74, 6) is 5.40. The molecule has 0 saturated carbocycles. The van der Waals surface area contributed by atoms with Crippen molar-refractivity contribution in [2.45, 2.75) is 6.04 Å². The third kappa shape index (κ3) is 2.81. The number of hydrogen-bond donors (Lipinski definition) is 2.